The number of esters is 1. The highest BCUT2D eigenvalue weighted by Gasteiger charge is 2.56. The van der Waals surface area contributed by atoms with Gasteiger partial charge in [0.1, 0.15) is 6.61 Å². The molecule has 138 valence electrons. The summed E-state index contributed by atoms with van der Waals surface area (Å²) in [5.74, 6) is -0.603. The first-order valence-corrected chi connectivity index (χ1v) is 9.45. The summed E-state index contributed by atoms with van der Waals surface area (Å²) in [7, 11) is 0. The number of rotatable bonds is 4. The fraction of sp³-hybridized carbons (Fsp3) is 0.304. The lowest BCUT2D eigenvalue weighted by molar-refractivity contribution is -0.153. The minimum Gasteiger partial charge on any atom is -0.459 e. The van der Waals surface area contributed by atoms with Gasteiger partial charge < -0.3 is 9.64 Å². The van der Waals surface area contributed by atoms with Crippen molar-refractivity contribution < 1.29 is 14.3 Å². The van der Waals surface area contributed by atoms with Crippen molar-refractivity contribution >= 4 is 17.4 Å². The van der Waals surface area contributed by atoms with Crippen molar-refractivity contribution in [2.75, 3.05) is 4.90 Å². The number of hydrogen-bond acceptors (Lipinski definition) is 4. The molecule has 0 unspecified atom stereocenters. The average Bonchev–Trinajstić information content (AvgIpc) is 2.96. The van der Waals surface area contributed by atoms with Gasteiger partial charge in [-0.3, -0.25) is 4.79 Å². The molecular weight excluding hydrogens is 338 g/mol. The fourth-order valence-corrected chi connectivity index (χ4v) is 4.08. The van der Waals surface area contributed by atoms with Crippen molar-refractivity contribution in [3.05, 3.63) is 77.5 Å². The molecular formula is C23H23NO3. The standard InChI is InChI=1S/C23H23NO3/c1-23(22(26)27-16-17-10-4-2-5-11-17)21(25)19-14-8-9-15-20(19)24(23)18-12-6-3-7-13-18/h2-7,10-13H,8-9,14-16H2,1H3/t23-/m1/s1. The number of ether oxygens (including phenoxy) is 1. The van der Waals surface area contributed by atoms with Crippen molar-refractivity contribution in [3.63, 3.8) is 0 Å². The third-order valence-electron chi connectivity index (χ3n) is 5.50. The zero-order valence-electron chi connectivity index (χ0n) is 15.5. The van der Waals surface area contributed by atoms with E-state index in [2.05, 4.69) is 0 Å². The number of carbonyl (C=O) groups is 2. The Balaban J connectivity index is 1.68. The van der Waals surface area contributed by atoms with Crippen LogP contribution in [0.4, 0.5) is 5.69 Å². The van der Waals surface area contributed by atoms with Crippen LogP contribution in [0.25, 0.3) is 0 Å². The van der Waals surface area contributed by atoms with E-state index < -0.39 is 11.5 Å². The van der Waals surface area contributed by atoms with Gasteiger partial charge in [-0.05, 0) is 50.3 Å². The first kappa shape index (κ1) is 17.5. The maximum atomic E-state index is 13.3. The summed E-state index contributed by atoms with van der Waals surface area (Å²) in [6.07, 6.45) is 3.57. The number of Topliss-reactive ketones (excluding diaryl/α,β-unsaturated/α-hetero) is 1. The summed E-state index contributed by atoms with van der Waals surface area (Å²) < 4.78 is 5.62. The second kappa shape index (κ2) is 7.03. The van der Waals surface area contributed by atoms with Gasteiger partial charge in [0.25, 0.3) is 0 Å². The molecule has 1 aliphatic heterocycles. The highest BCUT2D eigenvalue weighted by Crippen LogP contribution is 2.44. The largest absolute Gasteiger partial charge is 0.459 e. The maximum Gasteiger partial charge on any atom is 0.340 e. The van der Waals surface area contributed by atoms with Gasteiger partial charge in [-0.1, -0.05) is 48.5 Å². The first-order chi connectivity index (χ1) is 13.1. The Labute approximate surface area is 159 Å². The van der Waals surface area contributed by atoms with Gasteiger partial charge >= 0.3 is 5.97 Å². The fourth-order valence-electron chi connectivity index (χ4n) is 4.08. The van der Waals surface area contributed by atoms with E-state index >= 15 is 0 Å². The minimum atomic E-state index is -1.34. The van der Waals surface area contributed by atoms with Crippen LogP contribution in [0.5, 0.6) is 0 Å². The minimum absolute atomic E-state index is 0.112. The van der Waals surface area contributed by atoms with Crippen molar-refractivity contribution in [2.24, 2.45) is 0 Å². The monoisotopic (exact) mass is 361 g/mol. The second-order valence-corrected chi connectivity index (χ2v) is 7.27. The Bertz CT molecular complexity index is 888. The number of para-hydroxylation sites is 1. The van der Waals surface area contributed by atoms with Crippen molar-refractivity contribution in [1.82, 2.24) is 0 Å². The van der Waals surface area contributed by atoms with Gasteiger partial charge in [0, 0.05) is 17.0 Å². The summed E-state index contributed by atoms with van der Waals surface area (Å²) in [5, 5.41) is 0. The van der Waals surface area contributed by atoms with Crippen LogP contribution in [-0.4, -0.2) is 17.3 Å². The summed E-state index contributed by atoms with van der Waals surface area (Å²) in [6.45, 7) is 1.86. The van der Waals surface area contributed by atoms with Crippen LogP contribution in [0, 0.1) is 0 Å². The topological polar surface area (TPSA) is 46.6 Å². The van der Waals surface area contributed by atoms with E-state index in [9.17, 15) is 9.59 Å². The van der Waals surface area contributed by atoms with Crippen LogP contribution in [0.2, 0.25) is 0 Å². The molecule has 0 amide bonds. The molecule has 1 atom stereocenters. The Kier molecular flexibility index (Phi) is 4.56. The van der Waals surface area contributed by atoms with Gasteiger partial charge in [0.2, 0.25) is 5.54 Å². The maximum absolute atomic E-state index is 13.3. The van der Waals surface area contributed by atoms with Gasteiger partial charge in [-0.2, -0.15) is 0 Å². The predicted molar refractivity (Wildman–Crippen MR) is 104 cm³/mol. The summed E-state index contributed by atoms with van der Waals surface area (Å²) in [4.78, 5) is 28.4. The van der Waals surface area contributed by atoms with E-state index in [1.807, 2.05) is 65.6 Å². The molecule has 2 aromatic carbocycles. The molecule has 4 heteroatoms. The summed E-state index contributed by atoms with van der Waals surface area (Å²) in [5.41, 5.74) is 2.20. The van der Waals surface area contributed by atoms with Gasteiger partial charge in [-0.25, -0.2) is 4.79 Å². The molecule has 2 aliphatic rings. The van der Waals surface area contributed by atoms with Crippen molar-refractivity contribution in [1.29, 1.82) is 0 Å². The quantitative estimate of drug-likeness (QED) is 0.598. The van der Waals surface area contributed by atoms with Crippen LogP contribution < -0.4 is 4.90 Å². The lowest BCUT2D eigenvalue weighted by atomic mass is 9.90. The van der Waals surface area contributed by atoms with Gasteiger partial charge in [-0.15, -0.1) is 0 Å². The molecule has 0 aromatic heterocycles. The number of hydrogen-bond donors (Lipinski definition) is 0. The molecule has 4 nitrogen and oxygen atoms in total. The van der Waals surface area contributed by atoms with Crippen molar-refractivity contribution in [3.8, 4) is 0 Å². The van der Waals surface area contributed by atoms with Crippen molar-refractivity contribution in [2.45, 2.75) is 44.8 Å². The highest BCUT2D eigenvalue weighted by atomic mass is 16.5. The third kappa shape index (κ3) is 2.95. The second-order valence-electron chi connectivity index (χ2n) is 7.27. The zero-order chi connectivity index (χ0) is 18.9. The van der Waals surface area contributed by atoms with Gasteiger partial charge in [0.05, 0.1) is 0 Å². The number of anilines is 1. The number of allylic oxidation sites excluding steroid dienone is 1. The molecule has 0 fully saturated rings. The van der Waals surface area contributed by atoms with E-state index in [-0.39, 0.29) is 12.4 Å². The Morgan fingerprint density at radius 3 is 2.33 bits per heavy atom. The lowest BCUT2D eigenvalue weighted by Gasteiger charge is -2.35. The van der Waals surface area contributed by atoms with Gasteiger partial charge in [0.15, 0.2) is 5.78 Å². The first-order valence-electron chi connectivity index (χ1n) is 9.45. The van der Waals surface area contributed by atoms with Crippen LogP contribution >= 0.6 is 0 Å². The van der Waals surface area contributed by atoms with Crippen LogP contribution in [0.1, 0.15) is 38.2 Å². The molecule has 4 rings (SSSR count). The van der Waals surface area contributed by atoms with E-state index in [1.165, 1.54) is 0 Å². The molecule has 0 radical (unpaired) electrons. The Morgan fingerprint density at radius 2 is 1.63 bits per heavy atom. The molecule has 1 heterocycles. The predicted octanol–water partition coefficient (Wildman–Crippen LogP) is 4.41. The SMILES string of the molecule is C[C@]1(C(=O)OCc2ccccc2)C(=O)C2=C(CCCC2)N1c1ccccc1. The van der Waals surface area contributed by atoms with Crippen LogP contribution in [0.15, 0.2) is 71.9 Å². The molecule has 0 saturated heterocycles. The molecule has 0 saturated carbocycles. The summed E-state index contributed by atoms with van der Waals surface area (Å²) >= 11 is 0. The number of benzene rings is 2. The van der Waals surface area contributed by atoms with E-state index in [4.69, 9.17) is 4.74 Å². The number of ketones is 1. The van der Waals surface area contributed by atoms with E-state index in [0.29, 0.717) is 0 Å². The molecule has 0 spiro atoms. The third-order valence-corrected chi connectivity index (χ3v) is 5.50. The number of nitrogens with zero attached hydrogens (tertiary/aromatic N) is 1. The summed E-state index contributed by atoms with van der Waals surface area (Å²) in [6, 6.07) is 19.2. The smallest absolute Gasteiger partial charge is 0.340 e. The van der Waals surface area contributed by atoms with E-state index in [1.54, 1.807) is 6.92 Å². The molecule has 2 aromatic rings. The number of carbonyl (C=O) groups excluding carboxylic acids is 2. The van der Waals surface area contributed by atoms with E-state index in [0.717, 1.165) is 48.2 Å². The molecule has 0 N–H and O–H groups in total. The Morgan fingerprint density at radius 1 is 1.00 bits per heavy atom. The zero-order valence-corrected chi connectivity index (χ0v) is 15.5. The van der Waals surface area contributed by atoms with Crippen LogP contribution in [0.3, 0.4) is 0 Å². The molecule has 27 heavy (non-hydrogen) atoms. The highest BCUT2D eigenvalue weighted by molar-refractivity contribution is 6.22. The van der Waals surface area contributed by atoms with Crippen LogP contribution in [-0.2, 0) is 20.9 Å². The molecule has 0 bridgehead atoms. The Hall–Kier alpha value is -2.88. The molecule has 1 aliphatic carbocycles. The lowest BCUT2D eigenvalue weighted by Crippen LogP contribution is -2.54. The normalized spacial score (nSPS) is 22.0. The average molecular weight is 361 g/mol.